The lowest BCUT2D eigenvalue weighted by Crippen LogP contribution is -2.55. The number of hydrogen-bond donors (Lipinski definition) is 5. The van der Waals surface area contributed by atoms with E-state index in [0.717, 1.165) is 23.2 Å². The molecule has 2 aromatic carbocycles. The first kappa shape index (κ1) is 44.0. The van der Waals surface area contributed by atoms with Crippen molar-refractivity contribution in [3.8, 4) is 0 Å². The van der Waals surface area contributed by atoms with Crippen LogP contribution in [0.1, 0.15) is 69.4 Å². The number of rotatable bonds is 20. The molecule has 18 heteroatoms. The number of unbranched alkanes of at least 4 members (excludes halogenated alkanes) is 2. The van der Waals surface area contributed by atoms with E-state index in [-0.39, 0.29) is 31.4 Å². The largest absolute Gasteiger partial charge is 0.480 e. The van der Waals surface area contributed by atoms with E-state index in [0.29, 0.717) is 59.2 Å². The molecule has 5 amide bonds. The quantitative estimate of drug-likeness (QED) is 0.103. The van der Waals surface area contributed by atoms with Crippen LogP contribution in [0.4, 0.5) is 10.5 Å². The number of aliphatic imine (C=N–C) groups is 1. The van der Waals surface area contributed by atoms with Crippen LogP contribution in [0.2, 0.25) is 0 Å². The van der Waals surface area contributed by atoms with Gasteiger partial charge in [-0.2, -0.15) is 0 Å². The van der Waals surface area contributed by atoms with Crippen LogP contribution in [0.5, 0.6) is 0 Å². The van der Waals surface area contributed by atoms with Crippen molar-refractivity contribution in [1.82, 2.24) is 30.7 Å². The van der Waals surface area contributed by atoms with E-state index in [9.17, 15) is 33.9 Å². The highest BCUT2D eigenvalue weighted by Crippen LogP contribution is 2.31. The summed E-state index contributed by atoms with van der Waals surface area (Å²) in [7, 11) is 3.92. The second-order valence-electron chi connectivity index (χ2n) is 14.7. The van der Waals surface area contributed by atoms with E-state index < -0.39 is 54.0 Å². The average molecular weight is 837 g/mol. The number of carboxylic acid groups (broad SMARTS) is 1. The van der Waals surface area contributed by atoms with E-state index in [1.807, 2.05) is 56.3 Å². The summed E-state index contributed by atoms with van der Waals surface area (Å²) in [5.74, 6) is -2.14. The molecule has 58 heavy (non-hydrogen) atoms. The van der Waals surface area contributed by atoms with E-state index in [1.54, 1.807) is 18.2 Å². The van der Waals surface area contributed by atoms with Crippen molar-refractivity contribution in [1.29, 1.82) is 0 Å². The van der Waals surface area contributed by atoms with Gasteiger partial charge in [0.05, 0.1) is 10.2 Å². The van der Waals surface area contributed by atoms with Gasteiger partial charge in [-0.25, -0.2) is 14.6 Å². The Morgan fingerprint density at radius 1 is 1.02 bits per heavy atom. The number of aromatic nitrogens is 1. The number of amides is 5. The predicted octanol–water partition coefficient (Wildman–Crippen LogP) is 3.99. The van der Waals surface area contributed by atoms with Crippen molar-refractivity contribution >= 4 is 79.7 Å². The van der Waals surface area contributed by atoms with Crippen LogP contribution in [-0.4, -0.2) is 124 Å². The summed E-state index contributed by atoms with van der Waals surface area (Å²) in [6.45, 7) is 4.51. The highest BCUT2D eigenvalue weighted by Gasteiger charge is 2.44. The minimum absolute atomic E-state index is 0.0427. The molecule has 2 aliphatic heterocycles. The molecule has 0 spiro atoms. The van der Waals surface area contributed by atoms with Crippen molar-refractivity contribution in [3.63, 3.8) is 0 Å². The number of alkyl carbamates (subject to hydrolysis) is 1. The monoisotopic (exact) mass is 836 g/mol. The molecule has 0 radical (unpaired) electrons. The summed E-state index contributed by atoms with van der Waals surface area (Å²) in [5.41, 5.74) is 1.95. The number of likely N-dealkylation sites (tertiary alicyclic amines) is 1. The molecule has 0 aliphatic carbocycles. The molecular formula is C40H52N8O8S2. The molecule has 0 saturated carbocycles. The number of ether oxygens (including phenoxy) is 1. The predicted molar refractivity (Wildman–Crippen MR) is 224 cm³/mol. The number of carboxylic acids is 1. The maximum atomic E-state index is 14.3. The van der Waals surface area contributed by atoms with E-state index in [2.05, 4.69) is 31.2 Å². The summed E-state index contributed by atoms with van der Waals surface area (Å²) in [5, 5.41) is 21.8. The van der Waals surface area contributed by atoms with Crippen molar-refractivity contribution < 1.29 is 38.6 Å². The molecule has 5 rings (SSSR count). The van der Waals surface area contributed by atoms with Gasteiger partial charge in [-0.3, -0.25) is 24.2 Å². The number of carbonyl (C=O) groups is 6. The zero-order valence-corrected chi connectivity index (χ0v) is 34.8. The lowest BCUT2D eigenvalue weighted by molar-refractivity contribution is -0.141. The minimum Gasteiger partial charge on any atom is -0.480 e. The Morgan fingerprint density at radius 2 is 1.78 bits per heavy atom. The summed E-state index contributed by atoms with van der Waals surface area (Å²) in [6.07, 6.45) is 2.66. The van der Waals surface area contributed by atoms with Gasteiger partial charge in [0, 0.05) is 31.0 Å². The van der Waals surface area contributed by atoms with Gasteiger partial charge in [0.1, 0.15) is 34.8 Å². The van der Waals surface area contributed by atoms with Gasteiger partial charge in [-0.1, -0.05) is 30.3 Å². The molecule has 3 heterocycles. The molecular weight excluding hydrogens is 785 g/mol. The Morgan fingerprint density at radius 3 is 2.48 bits per heavy atom. The van der Waals surface area contributed by atoms with Crippen LogP contribution in [0.15, 0.2) is 53.5 Å². The zero-order chi connectivity index (χ0) is 41.8. The molecule has 1 fully saturated rings. The molecule has 1 saturated heterocycles. The summed E-state index contributed by atoms with van der Waals surface area (Å²) in [4.78, 5) is 90.3. The molecule has 5 N–H and O–H groups in total. The normalized spacial score (nSPS) is 18.8. The van der Waals surface area contributed by atoms with Gasteiger partial charge < -0.3 is 40.9 Å². The van der Waals surface area contributed by atoms with E-state index >= 15 is 0 Å². The highest BCUT2D eigenvalue weighted by molar-refractivity contribution is 8.15. The van der Waals surface area contributed by atoms with Gasteiger partial charge in [0.15, 0.2) is 6.04 Å². The second kappa shape index (κ2) is 21.1. The fourth-order valence-electron chi connectivity index (χ4n) is 6.82. The van der Waals surface area contributed by atoms with Crippen molar-refractivity contribution in [2.24, 2.45) is 4.99 Å². The number of nitrogens with zero attached hydrogens (tertiary/aromatic N) is 4. The fourth-order valence-corrected chi connectivity index (χ4v) is 8.92. The van der Waals surface area contributed by atoms with E-state index in [1.165, 1.54) is 34.9 Å². The van der Waals surface area contributed by atoms with E-state index in [4.69, 9.17) is 4.74 Å². The molecule has 0 bridgehead atoms. The smallest absolute Gasteiger partial charge is 0.408 e. The first-order chi connectivity index (χ1) is 27.8. The number of thioether (sulfide) groups is 1. The number of benzene rings is 2. The molecule has 312 valence electrons. The van der Waals surface area contributed by atoms with Gasteiger partial charge >= 0.3 is 12.1 Å². The molecule has 3 aromatic rings. The second-order valence-corrected chi connectivity index (χ2v) is 16.8. The Bertz CT molecular complexity index is 1980. The van der Waals surface area contributed by atoms with Crippen LogP contribution in [-0.2, 0) is 35.3 Å². The minimum atomic E-state index is -0.986. The zero-order valence-electron chi connectivity index (χ0n) is 33.2. The number of fused-ring (bicyclic) bond motifs is 1. The third kappa shape index (κ3) is 12.5. The Labute approximate surface area is 345 Å². The first-order valence-corrected chi connectivity index (χ1v) is 21.2. The molecule has 5 atom stereocenters. The van der Waals surface area contributed by atoms with Gasteiger partial charge in [0.25, 0.3) is 0 Å². The molecule has 16 nitrogen and oxygen atoms in total. The van der Waals surface area contributed by atoms with Crippen molar-refractivity contribution in [2.45, 2.75) is 95.6 Å². The molecule has 1 unspecified atom stereocenters. The maximum absolute atomic E-state index is 14.3. The number of hydrogen-bond acceptors (Lipinski definition) is 12. The van der Waals surface area contributed by atoms with Crippen LogP contribution in [0.25, 0.3) is 10.2 Å². The maximum Gasteiger partial charge on any atom is 0.408 e. The van der Waals surface area contributed by atoms with Gasteiger partial charge in [0.2, 0.25) is 23.6 Å². The number of anilines is 1. The lowest BCUT2D eigenvalue weighted by Gasteiger charge is -2.32. The Kier molecular flexibility index (Phi) is 16.0. The summed E-state index contributed by atoms with van der Waals surface area (Å²) in [6, 6.07) is 10.5. The lowest BCUT2D eigenvalue weighted by atomic mass is 10.0. The average Bonchev–Trinajstić information content (AvgIpc) is 3.91. The third-order valence-corrected chi connectivity index (χ3v) is 12.0. The standard InChI is InChI=1S/C40H52N8O8S2/c1-24-20-30(46-40(55)56-22-26-12-6-5-7-13-26)38(52)48(24)32(15-9-11-19-47(3)4)35(51)43-29(14-8-10-18-41-25(2)49)34(50)42-27-16-17-28-33(21-27)58-37(44-28)36-45-31(23-57-36)39(53)54/h5-7,12-13,16-17,21,24,29-32H,8-11,14-15,18-20,22-23H2,1-4H3,(H,41,49)(H,42,50)(H,43,51)(H,46,55)(H,53,54)/t24?,29-,30-,31+,32-/m0/s1. The molecule has 2 aliphatic rings. The Balaban J connectivity index is 1.30. The SMILES string of the molecule is CC(=O)NCCCC[C@H](NC(=O)[C@H](CCCCN(C)C)N1C(=O)[C@@H](NC(=O)OCc2ccccc2)CC1C)C(=O)Nc1ccc2nc(C3=N[C@@H](C(=O)O)CS3)sc2c1. The van der Waals surface area contributed by atoms with Crippen LogP contribution >= 0.6 is 23.1 Å². The van der Waals surface area contributed by atoms with Crippen molar-refractivity contribution in [2.75, 3.05) is 38.3 Å². The van der Waals surface area contributed by atoms with Crippen LogP contribution < -0.4 is 21.3 Å². The molecule has 1 aromatic heterocycles. The number of carbonyl (C=O) groups excluding carboxylic acids is 5. The Hall–Kier alpha value is -5.07. The van der Waals surface area contributed by atoms with Gasteiger partial charge in [-0.15, -0.1) is 23.1 Å². The van der Waals surface area contributed by atoms with Crippen LogP contribution in [0, 0.1) is 0 Å². The third-order valence-electron chi connectivity index (χ3n) is 9.78. The number of aliphatic carboxylic acids is 1. The number of nitrogens with one attached hydrogen (secondary N) is 4. The highest BCUT2D eigenvalue weighted by atomic mass is 32.2. The van der Waals surface area contributed by atoms with Crippen molar-refractivity contribution in [3.05, 3.63) is 59.1 Å². The topological polar surface area (TPSA) is 212 Å². The summed E-state index contributed by atoms with van der Waals surface area (Å²) >= 11 is 2.68. The van der Waals surface area contributed by atoms with Crippen LogP contribution in [0.3, 0.4) is 0 Å². The fraction of sp³-hybridized carbons (Fsp3) is 0.500. The number of thiazole rings is 1. The summed E-state index contributed by atoms with van der Waals surface area (Å²) < 4.78 is 6.13. The first-order valence-electron chi connectivity index (χ1n) is 19.4. The van der Waals surface area contributed by atoms with Gasteiger partial charge in [-0.05, 0) is 96.3 Å².